The quantitative estimate of drug-likeness (QED) is 0.241. The van der Waals surface area contributed by atoms with E-state index in [1.807, 2.05) is 0 Å². The molecule has 2 amide bonds. The molecule has 12 heteroatoms. The number of thioether (sulfide) groups is 1. The van der Waals surface area contributed by atoms with Gasteiger partial charge in [0.25, 0.3) is 11.6 Å². The number of aliphatic hydroxyl groups excluding tert-OH is 1. The zero-order chi connectivity index (χ0) is 25.3. The minimum atomic E-state index is -0.895. The Bertz CT molecular complexity index is 1210. The highest BCUT2D eigenvalue weighted by Gasteiger charge is 2.58. The molecule has 11 nitrogen and oxygen atoms in total. The first-order valence-electron chi connectivity index (χ1n) is 10.5. The molecule has 1 fully saturated rings. The summed E-state index contributed by atoms with van der Waals surface area (Å²) >= 11 is 1.27. The Morgan fingerprint density at radius 3 is 2.43 bits per heavy atom. The predicted octanol–water partition coefficient (Wildman–Crippen LogP) is 2.21. The van der Waals surface area contributed by atoms with Crippen molar-refractivity contribution in [2.45, 2.75) is 25.0 Å². The second-order valence-electron chi connectivity index (χ2n) is 7.87. The fraction of sp³-hybridized carbons (Fsp3) is 0.261. The molecule has 2 heterocycles. The van der Waals surface area contributed by atoms with Crippen LogP contribution in [0.1, 0.15) is 28.4 Å². The maximum Gasteiger partial charge on any atom is 0.356 e. The zero-order valence-electron chi connectivity index (χ0n) is 18.7. The number of rotatable bonds is 8. The van der Waals surface area contributed by atoms with Gasteiger partial charge < -0.3 is 9.84 Å². The van der Waals surface area contributed by atoms with Crippen molar-refractivity contribution >= 4 is 40.1 Å². The minimum Gasteiger partial charge on any atom is -0.456 e. The van der Waals surface area contributed by atoms with Gasteiger partial charge in [0.2, 0.25) is 5.91 Å². The molecule has 182 valence electrons. The van der Waals surface area contributed by atoms with Gasteiger partial charge in [0.1, 0.15) is 17.7 Å². The van der Waals surface area contributed by atoms with Crippen molar-refractivity contribution in [2.75, 3.05) is 7.11 Å². The summed E-state index contributed by atoms with van der Waals surface area (Å²) in [6, 6.07) is 12.0. The average molecular weight is 500 g/mol. The van der Waals surface area contributed by atoms with Crippen LogP contribution in [0.5, 0.6) is 0 Å². The number of hydrogen-bond donors (Lipinski definition) is 2. The summed E-state index contributed by atoms with van der Waals surface area (Å²) in [5, 5.41) is 20.4. The molecule has 2 aromatic carbocycles. The first-order chi connectivity index (χ1) is 16.7. The number of aliphatic hydroxyl groups is 1. The number of carbonyl (C=O) groups is 3. The van der Waals surface area contributed by atoms with Gasteiger partial charge in [-0.1, -0.05) is 23.9 Å². The first kappa shape index (κ1) is 24.4. The number of nitrogens with one attached hydrogen (secondary N) is 1. The zero-order valence-corrected chi connectivity index (χ0v) is 19.5. The number of hydrogen-bond acceptors (Lipinski definition) is 9. The number of non-ortho nitro benzene ring substituents is 1. The van der Waals surface area contributed by atoms with Crippen LogP contribution in [0.15, 0.2) is 54.2 Å². The molecular formula is C23H21N3O8S. The third-order valence-electron chi connectivity index (χ3n) is 5.61. The minimum absolute atomic E-state index is 0.0536. The fourth-order valence-corrected chi connectivity index (χ4v) is 5.44. The van der Waals surface area contributed by atoms with E-state index >= 15 is 0 Å². The molecule has 0 saturated carbocycles. The molecule has 2 aromatic rings. The Kier molecular flexibility index (Phi) is 6.87. The summed E-state index contributed by atoms with van der Waals surface area (Å²) < 4.78 is 5.44. The Morgan fingerprint density at radius 2 is 1.86 bits per heavy atom. The lowest BCUT2D eigenvalue weighted by Gasteiger charge is -2.43. The Labute approximate surface area is 203 Å². The summed E-state index contributed by atoms with van der Waals surface area (Å²) in [4.78, 5) is 54.5. The highest BCUT2D eigenvalue weighted by Crippen LogP contribution is 2.54. The maximum atomic E-state index is 13.1. The number of amides is 2. The third-order valence-corrected chi connectivity index (χ3v) is 7.02. The van der Waals surface area contributed by atoms with E-state index in [2.05, 4.69) is 10.3 Å². The average Bonchev–Trinajstić information content (AvgIpc) is 3.17. The van der Waals surface area contributed by atoms with Crippen molar-refractivity contribution in [3.63, 3.8) is 0 Å². The van der Waals surface area contributed by atoms with Crippen molar-refractivity contribution in [3.05, 3.63) is 81.0 Å². The standard InChI is InChI=1S/C23H21N3O8S/c1-12(27)17-21(29)25-18(23(30)34-11-13-3-9-16(10-4-13)26(31)32)19(35-22(17)25)14-5-7-15(8-6-14)20(28)24-33-2/h3-10,12,17,22,27H,11H2,1-2H3,(H,24,28)/t12-,17+,22-/m1/s1. The van der Waals surface area contributed by atoms with Crippen molar-refractivity contribution in [1.82, 2.24) is 10.4 Å². The van der Waals surface area contributed by atoms with Crippen molar-refractivity contribution in [2.24, 2.45) is 5.92 Å². The molecule has 35 heavy (non-hydrogen) atoms. The van der Waals surface area contributed by atoms with E-state index in [9.17, 15) is 29.6 Å². The molecule has 0 aliphatic carbocycles. The van der Waals surface area contributed by atoms with Crippen molar-refractivity contribution in [3.8, 4) is 0 Å². The number of β-lactam (4-membered cyclic amide) rings is 1. The van der Waals surface area contributed by atoms with E-state index in [-0.39, 0.29) is 23.9 Å². The van der Waals surface area contributed by atoms with Crippen LogP contribution < -0.4 is 5.48 Å². The summed E-state index contributed by atoms with van der Waals surface area (Å²) in [6.45, 7) is 1.37. The number of carbonyl (C=O) groups excluding carboxylic acids is 3. The summed E-state index contributed by atoms with van der Waals surface area (Å²) in [5.74, 6) is -2.23. The molecule has 2 N–H and O–H groups in total. The van der Waals surface area contributed by atoms with Crippen LogP contribution in [-0.2, 0) is 25.8 Å². The van der Waals surface area contributed by atoms with Gasteiger partial charge in [0.05, 0.1) is 24.1 Å². The Morgan fingerprint density at radius 1 is 1.20 bits per heavy atom. The number of nitro benzene ring substituents is 1. The Balaban J connectivity index is 1.60. The van der Waals surface area contributed by atoms with E-state index < -0.39 is 34.2 Å². The monoisotopic (exact) mass is 499 g/mol. The molecule has 1 saturated heterocycles. The summed E-state index contributed by atoms with van der Waals surface area (Å²) in [7, 11) is 1.32. The SMILES string of the molecule is CONC(=O)c1ccc(C2=C(C(=O)OCc3ccc([N+](=O)[O-])cc3)N3C(=O)[C@H]([C@@H](C)O)[C@H]3S2)cc1. The maximum absolute atomic E-state index is 13.1. The van der Waals surface area contributed by atoms with E-state index in [4.69, 9.17) is 4.74 Å². The van der Waals surface area contributed by atoms with E-state index in [0.29, 0.717) is 21.6 Å². The fourth-order valence-electron chi connectivity index (χ4n) is 3.83. The topological polar surface area (TPSA) is 148 Å². The second kappa shape index (κ2) is 9.86. The number of ether oxygens (including phenoxy) is 1. The van der Waals surface area contributed by atoms with E-state index in [0.717, 1.165) is 0 Å². The molecule has 0 radical (unpaired) electrons. The van der Waals surface area contributed by atoms with Crippen LogP contribution in [0.2, 0.25) is 0 Å². The summed E-state index contributed by atoms with van der Waals surface area (Å²) in [6.07, 6.45) is -0.895. The Hall–Kier alpha value is -3.74. The smallest absolute Gasteiger partial charge is 0.356 e. The molecule has 2 aliphatic heterocycles. The number of benzene rings is 2. The molecule has 0 aromatic heterocycles. The van der Waals surface area contributed by atoms with Crippen molar-refractivity contribution < 1.29 is 34.0 Å². The van der Waals surface area contributed by atoms with Gasteiger partial charge in [-0.05, 0) is 42.3 Å². The van der Waals surface area contributed by atoms with Crippen LogP contribution >= 0.6 is 11.8 Å². The van der Waals surface area contributed by atoms with Gasteiger partial charge in [0, 0.05) is 22.6 Å². The molecule has 4 rings (SSSR count). The number of nitrogens with zero attached hydrogens (tertiary/aromatic N) is 2. The number of hydroxylamine groups is 1. The predicted molar refractivity (Wildman–Crippen MR) is 124 cm³/mol. The second-order valence-corrected chi connectivity index (χ2v) is 9.00. The lowest BCUT2D eigenvalue weighted by atomic mass is 9.92. The van der Waals surface area contributed by atoms with Gasteiger partial charge in [-0.25, -0.2) is 10.3 Å². The number of nitro groups is 1. The molecule has 0 spiro atoms. The van der Waals surface area contributed by atoms with Gasteiger partial charge in [-0.3, -0.25) is 29.4 Å². The largest absolute Gasteiger partial charge is 0.456 e. The van der Waals surface area contributed by atoms with Gasteiger partial charge in [-0.2, -0.15) is 0 Å². The van der Waals surface area contributed by atoms with E-state index in [1.165, 1.54) is 55.0 Å². The first-order valence-corrected chi connectivity index (χ1v) is 11.4. The molecule has 3 atom stereocenters. The third kappa shape index (κ3) is 4.63. The van der Waals surface area contributed by atoms with Gasteiger partial charge >= 0.3 is 5.97 Å². The van der Waals surface area contributed by atoms with Crippen molar-refractivity contribution in [1.29, 1.82) is 0 Å². The van der Waals surface area contributed by atoms with Crippen LogP contribution in [0.3, 0.4) is 0 Å². The molecule has 0 unspecified atom stereocenters. The van der Waals surface area contributed by atoms with Crippen LogP contribution in [0.4, 0.5) is 5.69 Å². The highest BCUT2D eigenvalue weighted by atomic mass is 32.2. The van der Waals surface area contributed by atoms with Gasteiger partial charge in [-0.15, -0.1) is 0 Å². The molecule has 2 aliphatic rings. The van der Waals surface area contributed by atoms with Crippen LogP contribution in [-0.4, -0.2) is 51.3 Å². The number of esters is 1. The molecular weight excluding hydrogens is 478 g/mol. The van der Waals surface area contributed by atoms with Crippen LogP contribution in [0.25, 0.3) is 4.91 Å². The van der Waals surface area contributed by atoms with Crippen LogP contribution in [0, 0.1) is 16.0 Å². The lowest BCUT2D eigenvalue weighted by molar-refractivity contribution is -0.384. The van der Waals surface area contributed by atoms with E-state index in [1.54, 1.807) is 24.3 Å². The van der Waals surface area contributed by atoms with Gasteiger partial charge in [0.15, 0.2) is 0 Å². The number of fused-ring (bicyclic) bond motifs is 1. The highest BCUT2D eigenvalue weighted by molar-refractivity contribution is 8.09. The summed E-state index contributed by atoms with van der Waals surface area (Å²) in [5.41, 5.74) is 3.66. The lowest BCUT2D eigenvalue weighted by Crippen LogP contribution is -2.60. The molecule has 0 bridgehead atoms. The normalized spacial score (nSPS) is 19.6.